The van der Waals surface area contributed by atoms with E-state index >= 15 is 0 Å². The van der Waals surface area contributed by atoms with Gasteiger partial charge in [0.15, 0.2) is 0 Å². The zero-order chi connectivity index (χ0) is 17.5. The summed E-state index contributed by atoms with van der Waals surface area (Å²) < 4.78 is 0. The highest BCUT2D eigenvalue weighted by molar-refractivity contribution is 5.78. The van der Waals surface area contributed by atoms with E-state index in [9.17, 15) is 9.90 Å². The van der Waals surface area contributed by atoms with Crippen molar-refractivity contribution in [1.82, 2.24) is 10.2 Å². The molecule has 1 aliphatic heterocycles. The minimum atomic E-state index is 0.130. The van der Waals surface area contributed by atoms with Gasteiger partial charge in [-0.3, -0.25) is 9.69 Å². The molecule has 0 aromatic heterocycles. The van der Waals surface area contributed by atoms with Gasteiger partial charge in [0.25, 0.3) is 0 Å². The topological polar surface area (TPSA) is 52.6 Å². The molecule has 4 nitrogen and oxygen atoms in total. The number of nitrogens with zero attached hydrogens (tertiary/aromatic N) is 1. The van der Waals surface area contributed by atoms with E-state index in [-0.39, 0.29) is 18.6 Å². The second-order valence-corrected chi connectivity index (χ2v) is 7.63. The lowest BCUT2D eigenvalue weighted by Gasteiger charge is -2.35. The van der Waals surface area contributed by atoms with Gasteiger partial charge in [-0.1, -0.05) is 49.6 Å². The van der Waals surface area contributed by atoms with Gasteiger partial charge in [0.1, 0.15) is 0 Å². The minimum Gasteiger partial charge on any atom is -0.396 e. The molecule has 1 heterocycles. The molecule has 2 fully saturated rings. The highest BCUT2D eigenvalue weighted by atomic mass is 16.3. The van der Waals surface area contributed by atoms with Crippen LogP contribution in [0.1, 0.15) is 63.0 Å². The van der Waals surface area contributed by atoms with E-state index in [1.165, 1.54) is 37.7 Å². The average Bonchev–Trinajstić information content (AvgIpc) is 3.17. The Bertz CT molecular complexity index is 526. The van der Waals surface area contributed by atoms with Gasteiger partial charge in [0.05, 0.1) is 12.6 Å². The molecule has 25 heavy (non-hydrogen) atoms. The van der Waals surface area contributed by atoms with Crippen LogP contribution in [-0.2, 0) is 4.79 Å². The lowest BCUT2D eigenvalue weighted by Crippen LogP contribution is -2.47. The van der Waals surface area contributed by atoms with Crippen LogP contribution in [0, 0.1) is 5.92 Å². The standard InChI is InChI=1S/C21H32N2O2/c24-15-13-19-12-6-7-14-23(19)16-20(25)22-21(18-10-4-5-11-18)17-8-2-1-3-9-17/h1-3,8-9,18-19,21,24H,4-7,10-16H2,(H,22,25). The Hall–Kier alpha value is -1.39. The number of likely N-dealkylation sites (tertiary alicyclic amines) is 1. The fourth-order valence-electron chi connectivity index (χ4n) is 4.57. The Morgan fingerprint density at radius 3 is 2.56 bits per heavy atom. The zero-order valence-corrected chi connectivity index (χ0v) is 15.2. The summed E-state index contributed by atoms with van der Waals surface area (Å²) in [5.41, 5.74) is 1.23. The molecule has 1 aliphatic carbocycles. The summed E-state index contributed by atoms with van der Waals surface area (Å²) >= 11 is 0. The molecular formula is C21H32N2O2. The summed E-state index contributed by atoms with van der Waals surface area (Å²) in [4.78, 5) is 15.1. The van der Waals surface area contributed by atoms with Crippen LogP contribution in [0.3, 0.4) is 0 Å². The third-order valence-corrected chi connectivity index (χ3v) is 5.90. The lowest BCUT2D eigenvalue weighted by atomic mass is 9.91. The van der Waals surface area contributed by atoms with Crippen LogP contribution in [0.4, 0.5) is 0 Å². The van der Waals surface area contributed by atoms with Crippen molar-refractivity contribution in [3.05, 3.63) is 35.9 Å². The number of carbonyl (C=O) groups excluding carboxylic acids is 1. The van der Waals surface area contributed by atoms with Crippen LogP contribution in [-0.4, -0.2) is 41.7 Å². The number of rotatable bonds is 7. The number of aliphatic hydroxyl groups excluding tert-OH is 1. The van der Waals surface area contributed by atoms with Crippen molar-refractivity contribution in [2.75, 3.05) is 19.7 Å². The summed E-state index contributed by atoms with van der Waals surface area (Å²) in [7, 11) is 0. The molecule has 2 unspecified atom stereocenters. The number of aliphatic hydroxyl groups is 1. The van der Waals surface area contributed by atoms with Gasteiger partial charge in [0.2, 0.25) is 5.91 Å². The van der Waals surface area contributed by atoms with Gasteiger partial charge in [-0.15, -0.1) is 0 Å². The first-order valence-corrected chi connectivity index (χ1v) is 9.97. The lowest BCUT2D eigenvalue weighted by molar-refractivity contribution is -0.124. The molecule has 1 saturated carbocycles. The van der Waals surface area contributed by atoms with Crippen molar-refractivity contribution in [3.63, 3.8) is 0 Å². The number of amides is 1. The fourth-order valence-corrected chi connectivity index (χ4v) is 4.57. The molecular weight excluding hydrogens is 312 g/mol. The quantitative estimate of drug-likeness (QED) is 0.798. The molecule has 0 radical (unpaired) electrons. The number of piperidine rings is 1. The van der Waals surface area contributed by atoms with Crippen LogP contribution in [0.5, 0.6) is 0 Å². The fraction of sp³-hybridized carbons (Fsp3) is 0.667. The largest absolute Gasteiger partial charge is 0.396 e. The Balaban J connectivity index is 1.63. The molecule has 138 valence electrons. The molecule has 1 aromatic carbocycles. The number of hydrogen-bond acceptors (Lipinski definition) is 3. The molecule has 0 bridgehead atoms. The molecule has 0 spiro atoms. The van der Waals surface area contributed by atoms with Crippen LogP contribution in [0.25, 0.3) is 0 Å². The van der Waals surface area contributed by atoms with Crippen LogP contribution >= 0.6 is 0 Å². The first-order chi connectivity index (χ1) is 12.3. The van der Waals surface area contributed by atoms with Crippen molar-refractivity contribution in [1.29, 1.82) is 0 Å². The van der Waals surface area contributed by atoms with Gasteiger partial charge in [-0.2, -0.15) is 0 Å². The van der Waals surface area contributed by atoms with Crippen molar-refractivity contribution in [2.24, 2.45) is 5.92 Å². The highest BCUT2D eigenvalue weighted by Gasteiger charge is 2.29. The van der Waals surface area contributed by atoms with Crippen molar-refractivity contribution in [3.8, 4) is 0 Å². The third-order valence-electron chi connectivity index (χ3n) is 5.90. The minimum absolute atomic E-state index is 0.130. The van der Waals surface area contributed by atoms with E-state index in [4.69, 9.17) is 0 Å². The molecule has 1 saturated heterocycles. The number of nitrogens with one attached hydrogen (secondary N) is 1. The summed E-state index contributed by atoms with van der Waals surface area (Å²) in [6, 6.07) is 10.9. The maximum absolute atomic E-state index is 12.8. The van der Waals surface area contributed by atoms with Gasteiger partial charge < -0.3 is 10.4 Å². The van der Waals surface area contributed by atoms with Crippen LogP contribution in [0.15, 0.2) is 30.3 Å². The van der Waals surface area contributed by atoms with Crippen molar-refractivity contribution in [2.45, 2.75) is 63.5 Å². The van der Waals surface area contributed by atoms with E-state index in [2.05, 4.69) is 34.5 Å². The monoisotopic (exact) mass is 344 g/mol. The van der Waals surface area contributed by atoms with Crippen LogP contribution in [0.2, 0.25) is 0 Å². The molecule has 1 amide bonds. The van der Waals surface area contributed by atoms with Gasteiger partial charge in [-0.25, -0.2) is 0 Å². The SMILES string of the molecule is O=C(CN1CCCCC1CCO)NC(c1ccccc1)C1CCCC1. The molecule has 2 atom stereocenters. The predicted octanol–water partition coefficient (Wildman–Crippen LogP) is 3.27. The Morgan fingerprint density at radius 1 is 1.12 bits per heavy atom. The van der Waals surface area contributed by atoms with Gasteiger partial charge in [-0.05, 0) is 50.1 Å². The van der Waals surface area contributed by atoms with Gasteiger partial charge in [0, 0.05) is 12.6 Å². The number of hydrogen-bond donors (Lipinski definition) is 2. The third kappa shape index (κ3) is 5.05. The maximum atomic E-state index is 12.8. The number of carbonyl (C=O) groups is 1. The van der Waals surface area contributed by atoms with Crippen molar-refractivity contribution < 1.29 is 9.90 Å². The van der Waals surface area contributed by atoms with E-state index in [0.29, 0.717) is 18.5 Å². The Labute approximate surface area is 151 Å². The van der Waals surface area contributed by atoms with E-state index in [0.717, 1.165) is 25.8 Å². The van der Waals surface area contributed by atoms with E-state index in [1.807, 2.05) is 6.07 Å². The zero-order valence-electron chi connectivity index (χ0n) is 15.2. The Kier molecular flexibility index (Phi) is 6.88. The molecule has 4 heteroatoms. The molecule has 2 N–H and O–H groups in total. The second kappa shape index (κ2) is 9.35. The predicted molar refractivity (Wildman–Crippen MR) is 100 cm³/mol. The van der Waals surface area contributed by atoms with Crippen LogP contribution < -0.4 is 5.32 Å². The summed E-state index contributed by atoms with van der Waals surface area (Å²) in [5.74, 6) is 0.687. The molecule has 2 aliphatic rings. The summed E-state index contributed by atoms with van der Waals surface area (Å²) in [6.07, 6.45) is 9.19. The van der Waals surface area contributed by atoms with Gasteiger partial charge >= 0.3 is 0 Å². The van der Waals surface area contributed by atoms with E-state index in [1.54, 1.807) is 0 Å². The summed E-state index contributed by atoms with van der Waals surface area (Å²) in [5, 5.41) is 12.6. The molecule has 3 rings (SSSR count). The van der Waals surface area contributed by atoms with Crippen molar-refractivity contribution >= 4 is 5.91 Å². The highest BCUT2D eigenvalue weighted by Crippen LogP contribution is 2.35. The average molecular weight is 344 g/mol. The second-order valence-electron chi connectivity index (χ2n) is 7.63. The maximum Gasteiger partial charge on any atom is 0.234 e. The van der Waals surface area contributed by atoms with E-state index < -0.39 is 0 Å². The summed E-state index contributed by atoms with van der Waals surface area (Å²) in [6.45, 7) is 1.63. The first kappa shape index (κ1) is 18.4. The molecule has 1 aromatic rings. The number of benzene rings is 1. The normalized spacial score (nSPS) is 23.5. The Morgan fingerprint density at radius 2 is 1.84 bits per heavy atom. The smallest absolute Gasteiger partial charge is 0.234 e. The first-order valence-electron chi connectivity index (χ1n) is 9.97.